The summed E-state index contributed by atoms with van der Waals surface area (Å²) in [7, 11) is 1.82. The SMILES string of the molecule is Cc1nn(C)c2[nH]c(=O)c(CCC(=O)NCCCOC3CCCCC3)c(C)c12. The van der Waals surface area contributed by atoms with Crippen molar-refractivity contribution < 1.29 is 9.53 Å². The summed E-state index contributed by atoms with van der Waals surface area (Å²) in [6.07, 6.45) is 8.16. The molecule has 28 heavy (non-hydrogen) atoms. The van der Waals surface area contributed by atoms with E-state index in [9.17, 15) is 9.59 Å². The molecule has 3 rings (SSSR count). The molecule has 1 amide bonds. The quantitative estimate of drug-likeness (QED) is 0.681. The lowest BCUT2D eigenvalue weighted by atomic mass is 9.98. The molecule has 0 aromatic carbocycles. The van der Waals surface area contributed by atoms with E-state index in [-0.39, 0.29) is 11.5 Å². The van der Waals surface area contributed by atoms with Crippen molar-refractivity contribution in [3.05, 3.63) is 27.2 Å². The highest BCUT2D eigenvalue weighted by molar-refractivity contribution is 5.83. The van der Waals surface area contributed by atoms with E-state index in [0.29, 0.717) is 37.7 Å². The molecule has 7 nitrogen and oxygen atoms in total. The minimum Gasteiger partial charge on any atom is -0.378 e. The van der Waals surface area contributed by atoms with Crippen molar-refractivity contribution in [2.24, 2.45) is 7.05 Å². The van der Waals surface area contributed by atoms with Gasteiger partial charge in [0.1, 0.15) is 5.65 Å². The van der Waals surface area contributed by atoms with Crippen molar-refractivity contribution in [2.75, 3.05) is 13.2 Å². The minimum absolute atomic E-state index is 0.0283. The maximum atomic E-state index is 12.4. The Morgan fingerprint density at radius 3 is 2.79 bits per heavy atom. The number of fused-ring (bicyclic) bond motifs is 1. The number of nitrogens with one attached hydrogen (secondary N) is 2. The standard InChI is InChI=1S/C21H32N4O3/c1-14-17(21(27)23-20-19(14)15(2)24-25(20)3)10-11-18(26)22-12-7-13-28-16-8-5-4-6-9-16/h16H,4-13H2,1-3H3,(H,22,26)(H,23,27). The molecule has 7 heteroatoms. The molecule has 0 aliphatic heterocycles. The van der Waals surface area contributed by atoms with Gasteiger partial charge in [-0.25, -0.2) is 0 Å². The molecule has 1 fully saturated rings. The average molecular weight is 389 g/mol. The third-order valence-corrected chi connectivity index (χ3v) is 5.71. The van der Waals surface area contributed by atoms with Gasteiger partial charge in [-0.3, -0.25) is 14.3 Å². The fourth-order valence-electron chi connectivity index (χ4n) is 4.16. The van der Waals surface area contributed by atoms with Crippen molar-refractivity contribution in [1.82, 2.24) is 20.1 Å². The largest absolute Gasteiger partial charge is 0.378 e. The van der Waals surface area contributed by atoms with E-state index < -0.39 is 0 Å². The van der Waals surface area contributed by atoms with Crippen LogP contribution in [0.2, 0.25) is 0 Å². The number of aromatic nitrogens is 3. The summed E-state index contributed by atoms with van der Waals surface area (Å²) in [5.74, 6) is -0.0283. The van der Waals surface area contributed by atoms with Crippen LogP contribution in [-0.4, -0.2) is 39.9 Å². The molecular weight excluding hydrogens is 356 g/mol. The summed E-state index contributed by atoms with van der Waals surface area (Å²) in [5.41, 5.74) is 3.06. The number of pyridine rings is 1. The van der Waals surface area contributed by atoms with Crippen molar-refractivity contribution in [3.8, 4) is 0 Å². The van der Waals surface area contributed by atoms with Gasteiger partial charge in [0.15, 0.2) is 0 Å². The third kappa shape index (κ3) is 4.82. The lowest BCUT2D eigenvalue weighted by molar-refractivity contribution is -0.121. The zero-order valence-electron chi connectivity index (χ0n) is 17.3. The molecule has 0 atom stereocenters. The number of carbonyl (C=O) groups excluding carboxylic acids is 1. The number of amides is 1. The number of carbonyl (C=O) groups is 1. The van der Waals surface area contributed by atoms with E-state index in [1.165, 1.54) is 32.1 Å². The predicted octanol–water partition coefficient (Wildman–Crippen LogP) is 2.67. The van der Waals surface area contributed by atoms with Crippen molar-refractivity contribution in [3.63, 3.8) is 0 Å². The molecule has 2 N–H and O–H groups in total. The van der Waals surface area contributed by atoms with Crippen LogP contribution in [0.4, 0.5) is 0 Å². The fraction of sp³-hybridized carbons (Fsp3) is 0.667. The van der Waals surface area contributed by atoms with Gasteiger partial charge in [0.2, 0.25) is 5.91 Å². The molecule has 2 aromatic heterocycles. The Hall–Kier alpha value is -2.15. The van der Waals surface area contributed by atoms with E-state index in [1.807, 2.05) is 20.9 Å². The van der Waals surface area contributed by atoms with Crippen LogP contribution in [0.5, 0.6) is 0 Å². The number of H-pyrrole nitrogens is 1. The van der Waals surface area contributed by atoms with Crippen LogP contribution in [-0.2, 0) is 23.0 Å². The van der Waals surface area contributed by atoms with Gasteiger partial charge in [-0.2, -0.15) is 5.10 Å². The van der Waals surface area contributed by atoms with E-state index in [0.717, 1.165) is 28.7 Å². The summed E-state index contributed by atoms with van der Waals surface area (Å²) in [6.45, 7) is 5.17. The first-order valence-electron chi connectivity index (χ1n) is 10.4. The van der Waals surface area contributed by atoms with Crippen LogP contribution in [0, 0.1) is 13.8 Å². The van der Waals surface area contributed by atoms with Crippen molar-refractivity contribution in [1.29, 1.82) is 0 Å². The Bertz CT molecular complexity index is 878. The zero-order valence-corrected chi connectivity index (χ0v) is 17.3. The highest BCUT2D eigenvalue weighted by Gasteiger charge is 2.16. The Morgan fingerprint density at radius 1 is 1.29 bits per heavy atom. The van der Waals surface area contributed by atoms with E-state index >= 15 is 0 Å². The topological polar surface area (TPSA) is 89.0 Å². The fourth-order valence-corrected chi connectivity index (χ4v) is 4.16. The van der Waals surface area contributed by atoms with Gasteiger partial charge in [-0.05, 0) is 45.1 Å². The smallest absolute Gasteiger partial charge is 0.253 e. The predicted molar refractivity (Wildman–Crippen MR) is 110 cm³/mol. The monoisotopic (exact) mass is 388 g/mol. The molecule has 2 heterocycles. The highest BCUT2D eigenvalue weighted by atomic mass is 16.5. The third-order valence-electron chi connectivity index (χ3n) is 5.71. The highest BCUT2D eigenvalue weighted by Crippen LogP contribution is 2.21. The molecule has 0 unspecified atom stereocenters. The van der Waals surface area contributed by atoms with Crippen molar-refractivity contribution in [2.45, 2.75) is 71.3 Å². The van der Waals surface area contributed by atoms with Gasteiger partial charge in [0.25, 0.3) is 5.56 Å². The molecular formula is C21H32N4O3. The maximum absolute atomic E-state index is 12.4. The molecule has 0 bridgehead atoms. The van der Waals surface area contributed by atoms with Crippen LogP contribution >= 0.6 is 0 Å². The first kappa shape index (κ1) is 20.6. The maximum Gasteiger partial charge on any atom is 0.253 e. The summed E-state index contributed by atoms with van der Waals surface area (Å²) < 4.78 is 7.56. The Balaban J connectivity index is 1.45. The number of hydrogen-bond donors (Lipinski definition) is 2. The summed E-state index contributed by atoms with van der Waals surface area (Å²) >= 11 is 0. The average Bonchev–Trinajstić information content (AvgIpc) is 2.95. The molecule has 0 saturated heterocycles. The first-order valence-corrected chi connectivity index (χ1v) is 10.4. The number of aromatic amines is 1. The minimum atomic E-state index is -0.137. The lowest BCUT2D eigenvalue weighted by Gasteiger charge is -2.21. The first-order chi connectivity index (χ1) is 13.5. The van der Waals surface area contributed by atoms with Gasteiger partial charge >= 0.3 is 0 Å². The number of nitrogens with zero attached hydrogens (tertiary/aromatic N) is 2. The Labute approximate surface area is 165 Å². The molecule has 0 spiro atoms. The summed E-state index contributed by atoms with van der Waals surface area (Å²) in [4.78, 5) is 27.5. The van der Waals surface area contributed by atoms with Gasteiger partial charge in [0, 0.05) is 37.6 Å². The summed E-state index contributed by atoms with van der Waals surface area (Å²) in [6, 6.07) is 0. The summed E-state index contributed by atoms with van der Waals surface area (Å²) in [5, 5.41) is 8.28. The Morgan fingerprint density at radius 2 is 2.04 bits per heavy atom. The zero-order chi connectivity index (χ0) is 20.1. The molecule has 0 radical (unpaired) electrons. The van der Waals surface area contributed by atoms with Crippen LogP contribution in [0.25, 0.3) is 11.0 Å². The van der Waals surface area contributed by atoms with Gasteiger partial charge in [-0.15, -0.1) is 0 Å². The van der Waals surface area contributed by atoms with Gasteiger partial charge in [-0.1, -0.05) is 19.3 Å². The van der Waals surface area contributed by atoms with Gasteiger partial charge < -0.3 is 15.0 Å². The van der Waals surface area contributed by atoms with E-state index in [2.05, 4.69) is 15.4 Å². The Kier molecular flexibility index (Phi) is 6.88. The van der Waals surface area contributed by atoms with Crippen LogP contribution < -0.4 is 10.9 Å². The number of hydrogen-bond acceptors (Lipinski definition) is 4. The van der Waals surface area contributed by atoms with E-state index in [4.69, 9.17) is 4.74 Å². The van der Waals surface area contributed by atoms with Crippen LogP contribution in [0.15, 0.2) is 4.79 Å². The van der Waals surface area contributed by atoms with Crippen LogP contribution in [0.1, 0.15) is 61.8 Å². The second-order valence-corrected chi connectivity index (χ2v) is 7.82. The lowest BCUT2D eigenvalue weighted by Crippen LogP contribution is -2.27. The molecule has 1 saturated carbocycles. The second kappa shape index (κ2) is 9.37. The van der Waals surface area contributed by atoms with E-state index in [1.54, 1.807) is 4.68 Å². The second-order valence-electron chi connectivity index (χ2n) is 7.82. The van der Waals surface area contributed by atoms with Crippen molar-refractivity contribution >= 4 is 16.9 Å². The van der Waals surface area contributed by atoms with Crippen LogP contribution in [0.3, 0.4) is 0 Å². The normalized spacial score (nSPS) is 15.2. The van der Waals surface area contributed by atoms with Gasteiger partial charge in [0.05, 0.1) is 11.8 Å². The number of aryl methyl sites for hydroxylation is 3. The number of ether oxygens (including phenoxy) is 1. The molecule has 1 aliphatic carbocycles. The number of rotatable bonds is 8. The molecule has 1 aliphatic rings. The molecule has 2 aromatic rings. The molecule has 154 valence electrons.